The van der Waals surface area contributed by atoms with Gasteiger partial charge in [-0.25, -0.2) is 4.98 Å². The molecule has 0 unspecified atom stereocenters. The highest BCUT2D eigenvalue weighted by atomic mass is 16.5. The largest absolute Gasteiger partial charge is 0.496 e. The molecule has 6 heteroatoms. The average Bonchev–Trinajstić information content (AvgIpc) is 3.14. The molecule has 3 aromatic rings. The van der Waals surface area contributed by atoms with Crippen molar-refractivity contribution < 1.29 is 9.15 Å². The minimum atomic E-state index is 0.588. The van der Waals surface area contributed by atoms with E-state index in [1.54, 1.807) is 19.6 Å². The summed E-state index contributed by atoms with van der Waals surface area (Å²) in [5.74, 6) is 3.10. The first-order valence-corrected chi connectivity index (χ1v) is 7.80. The SMILES string of the molecule is COc1ccccc1CCNc1nccc(NCc2ccco2)n1. The van der Waals surface area contributed by atoms with E-state index in [4.69, 9.17) is 9.15 Å². The van der Waals surface area contributed by atoms with E-state index in [1.807, 2.05) is 36.4 Å². The van der Waals surface area contributed by atoms with Crippen LogP contribution in [0, 0.1) is 0 Å². The minimum absolute atomic E-state index is 0.588. The lowest BCUT2D eigenvalue weighted by molar-refractivity contribution is 0.410. The molecule has 2 heterocycles. The normalized spacial score (nSPS) is 10.4. The predicted octanol–water partition coefficient (Wildman–Crippen LogP) is 3.34. The van der Waals surface area contributed by atoms with Gasteiger partial charge >= 0.3 is 0 Å². The molecule has 0 fully saturated rings. The summed E-state index contributed by atoms with van der Waals surface area (Å²) in [4.78, 5) is 8.68. The summed E-state index contributed by atoms with van der Waals surface area (Å²) in [7, 11) is 1.68. The number of ether oxygens (including phenoxy) is 1. The van der Waals surface area contributed by atoms with Gasteiger partial charge in [-0.15, -0.1) is 0 Å². The van der Waals surface area contributed by atoms with Crippen LogP contribution in [0.2, 0.25) is 0 Å². The van der Waals surface area contributed by atoms with E-state index in [0.29, 0.717) is 12.5 Å². The molecule has 0 bridgehead atoms. The van der Waals surface area contributed by atoms with Gasteiger partial charge in [0.2, 0.25) is 5.95 Å². The van der Waals surface area contributed by atoms with Gasteiger partial charge in [-0.1, -0.05) is 18.2 Å². The maximum absolute atomic E-state index is 5.36. The molecule has 124 valence electrons. The van der Waals surface area contributed by atoms with Gasteiger partial charge in [0, 0.05) is 12.7 Å². The highest BCUT2D eigenvalue weighted by Gasteiger charge is 2.03. The average molecular weight is 324 g/mol. The zero-order valence-corrected chi connectivity index (χ0v) is 13.5. The van der Waals surface area contributed by atoms with Gasteiger partial charge < -0.3 is 19.8 Å². The highest BCUT2D eigenvalue weighted by Crippen LogP contribution is 2.17. The number of benzene rings is 1. The van der Waals surface area contributed by atoms with Crippen molar-refractivity contribution in [2.75, 3.05) is 24.3 Å². The smallest absolute Gasteiger partial charge is 0.224 e. The number of nitrogens with one attached hydrogen (secondary N) is 2. The maximum atomic E-state index is 5.36. The second kappa shape index (κ2) is 8.01. The Hall–Kier alpha value is -3.02. The Bertz CT molecular complexity index is 759. The first-order valence-electron chi connectivity index (χ1n) is 7.80. The summed E-state index contributed by atoms with van der Waals surface area (Å²) in [6.07, 6.45) is 4.21. The lowest BCUT2D eigenvalue weighted by atomic mass is 10.1. The van der Waals surface area contributed by atoms with Crippen molar-refractivity contribution in [3.63, 3.8) is 0 Å². The number of hydrogen-bond acceptors (Lipinski definition) is 6. The number of hydrogen-bond donors (Lipinski definition) is 2. The van der Waals surface area contributed by atoms with Crippen molar-refractivity contribution >= 4 is 11.8 Å². The second-order valence-electron chi connectivity index (χ2n) is 5.19. The summed E-state index contributed by atoms with van der Waals surface area (Å²) in [6.45, 7) is 1.31. The molecular weight excluding hydrogens is 304 g/mol. The molecule has 6 nitrogen and oxygen atoms in total. The van der Waals surface area contributed by atoms with E-state index in [2.05, 4.69) is 26.7 Å². The third kappa shape index (κ3) is 4.25. The van der Waals surface area contributed by atoms with E-state index in [0.717, 1.165) is 35.9 Å². The molecule has 24 heavy (non-hydrogen) atoms. The van der Waals surface area contributed by atoms with Crippen LogP contribution in [0.4, 0.5) is 11.8 Å². The number of para-hydroxylation sites is 1. The Labute approximate surface area is 140 Å². The van der Waals surface area contributed by atoms with Crippen LogP contribution >= 0.6 is 0 Å². The van der Waals surface area contributed by atoms with E-state index >= 15 is 0 Å². The number of methoxy groups -OCH3 is 1. The Morgan fingerprint density at radius 1 is 1.08 bits per heavy atom. The van der Waals surface area contributed by atoms with Crippen LogP contribution in [-0.4, -0.2) is 23.6 Å². The lowest BCUT2D eigenvalue weighted by Crippen LogP contribution is -2.10. The molecule has 2 N–H and O–H groups in total. The van der Waals surface area contributed by atoms with Crippen molar-refractivity contribution in [2.24, 2.45) is 0 Å². The Morgan fingerprint density at radius 2 is 2.00 bits per heavy atom. The van der Waals surface area contributed by atoms with Crippen LogP contribution in [0.1, 0.15) is 11.3 Å². The summed E-state index contributed by atoms with van der Waals surface area (Å²) in [5.41, 5.74) is 1.15. The van der Waals surface area contributed by atoms with Crippen LogP contribution in [0.3, 0.4) is 0 Å². The Morgan fingerprint density at radius 3 is 2.83 bits per heavy atom. The van der Waals surface area contributed by atoms with Gasteiger partial charge in [0.05, 0.1) is 19.9 Å². The van der Waals surface area contributed by atoms with Crippen LogP contribution < -0.4 is 15.4 Å². The van der Waals surface area contributed by atoms with Crippen molar-refractivity contribution in [1.82, 2.24) is 9.97 Å². The third-order valence-electron chi connectivity index (χ3n) is 3.55. The number of aromatic nitrogens is 2. The van der Waals surface area contributed by atoms with Gasteiger partial charge in [0.15, 0.2) is 0 Å². The van der Waals surface area contributed by atoms with Crippen molar-refractivity contribution in [3.05, 3.63) is 66.2 Å². The topological polar surface area (TPSA) is 72.2 Å². The molecule has 2 aromatic heterocycles. The molecule has 0 amide bonds. The van der Waals surface area contributed by atoms with Gasteiger partial charge in [0.1, 0.15) is 17.3 Å². The fourth-order valence-electron chi connectivity index (χ4n) is 2.35. The zero-order chi connectivity index (χ0) is 16.6. The molecular formula is C18H20N4O2. The summed E-state index contributed by atoms with van der Waals surface area (Å²) in [6, 6.07) is 13.6. The second-order valence-corrected chi connectivity index (χ2v) is 5.19. The van der Waals surface area contributed by atoms with Gasteiger partial charge in [-0.05, 0) is 36.2 Å². The van der Waals surface area contributed by atoms with E-state index in [1.165, 1.54) is 0 Å². The molecule has 0 saturated carbocycles. The maximum Gasteiger partial charge on any atom is 0.224 e. The van der Waals surface area contributed by atoms with E-state index < -0.39 is 0 Å². The van der Waals surface area contributed by atoms with Crippen molar-refractivity contribution in [2.45, 2.75) is 13.0 Å². The van der Waals surface area contributed by atoms with Crippen LogP contribution in [0.25, 0.3) is 0 Å². The standard InChI is InChI=1S/C18H20N4O2/c1-23-16-7-3-2-5-14(16)8-10-19-18-20-11-9-17(22-18)21-13-15-6-4-12-24-15/h2-7,9,11-12H,8,10,13H2,1H3,(H2,19,20,21,22). The molecule has 0 atom stereocenters. The Kier molecular flexibility index (Phi) is 5.29. The Balaban J connectivity index is 1.53. The number of anilines is 2. The van der Waals surface area contributed by atoms with E-state index in [9.17, 15) is 0 Å². The molecule has 0 saturated heterocycles. The minimum Gasteiger partial charge on any atom is -0.496 e. The van der Waals surface area contributed by atoms with Crippen molar-refractivity contribution in [1.29, 1.82) is 0 Å². The van der Waals surface area contributed by atoms with Gasteiger partial charge in [0.25, 0.3) is 0 Å². The first-order chi connectivity index (χ1) is 11.8. The van der Waals surface area contributed by atoms with Gasteiger partial charge in [-0.2, -0.15) is 4.98 Å². The molecule has 0 aliphatic rings. The fourth-order valence-corrected chi connectivity index (χ4v) is 2.35. The van der Waals surface area contributed by atoms with Crippen molar-refractivity contribution in [3.8, 4) is 5.75 Å². The summed E-state index contributed by atoms with van der Waals surface area (Å²) < 4.78 is 10.6. The van der Waals surface area contributed by atoms with Crippen LogP contribution in [0.15, 0.2) is 59.3 Å². The number of rotatable bonds is 8. The van der Waals surface area contributed by atoms with Crippen LogP contribution in [-0.2, 0) is 13.0 Å². The number of furan rings is 1. The highest BCUT2D eigenvalue weighted by molar-refractivity contribution is 5.40. The quantitative estimate of drug-likeness (QED) is 0.662. The zero-order valence-electron chi connectivity index (χ0n) is 13.5. The van der Waals surface area contributed by atoms with Gasteiger partial charge in [-0.3, -0.25) is 0 Å². The molecule has 0 aliphatic heterocycles. The lowest BCUT2D eigenvalue weighted by Gasteiger charge is -2.10. The molecule has 3 rings (SSSR count). The van der Waals surface area contributed by atoms with Crippen LogP contribution in [0.5, 0.6) is 5.75 Å². The monoisotopic (exact) mass is 324 g/mol. The van der Waals surface area contributed by atoms with E-state index in [-0.39, 0.29) is 0 Å². The molecule has 1 aromatic carbocycles. The molecule has 0 spiro atoms. The predicted molar refractivity (Wildman–Crippen MR) is 93.3 cm³/mol. The fraction of sp³-hybridized carbons (Fsp3) is 0.222. The third-order valence-corrected chi connectivity index (χ3v) is 3.55. The molecule has 0 radical (unpaired) electrons. The number of nitrogens with zero attached hydrogens (tertiary/aromatic N) is 2. The first kappa shape index (κ1) is 15.9. The molecule has 0 aliphatic carbocycles. The summed E-state index contributed by atoms with van der Waals surface area (Å²) >= 11 is 0. The summed E-state index contributed by atoms with van der Waals surface area (Å²) in [5, 5.41) is 6.45.